The second kappa shape index (κ2) is 6.56. The summed E-state index contributed by atoms with van der Waals surface area (Å²) in [5, 5.41) is 16.5. The molecule has 1 fully saturated rings. The molecule has 2 amide bonds. The summed E-state index contributed by atoms with van der Waals surface area (Å²) < 4.78 is 1.52. The van der Waals surface area contributed by atoms with Gasteiger partial charge in [-0.15, -0.1) is 5.10 Å². The van der Waals surface area contributed by atoms with E-state index in [1.807, 2.05) is 0 Å². The number of carbonyl (C=O) groups is 2. The number of tetrazole rings is 1. The average Bonchev–Trinajstić information content (AvgIpc) is 2.97. The fourth-order valence-corrected chi connectivity index (χ4v) is 2.99. The van der Waals surface area contributed by atoms with Crippen molar-refractivity contribution in [1.29, 1.82) is 0 Å². The van der Waals surface area contributed by atoms with E-state index in [1.54, 1.807) is 36.0 Å². The maximum absolute atomic E-state index is 12.2. The predicted molar refractivity (Wildman–Crippen MR) is 81.7 cm³/mol. The lowest BCUT2D eigenvalue weighted by Crippen LogP contribution is -2.44. The smallest absolute Gasteiger partial charge is 0.247 e. The standard InChI is InChI=1S/C13H14N6O2S/c20-12-5-6-22-7-11(16-12)13(21)15-9-1-3-10(4-2-9)19-8-14-17-18-19/h1-4,8,11H,5-7H2,(H,15,21)(H,16,20)/t11-/m1/s1. The largest absolute Gasteiger partial charge is 0.343 e. The molecule has 9 heteroatoms. The van der Waals surface area contributed by atoms with E-state index < -0.39 is 6.04 Å². The minimum absolute atomic E-state index is 0.0841. The molecule has 1 aliphatic rings. The summed E-state index contributed by atoms with van der Waals surface area (Å²) in [6.45, 7) is 0. The Hall–Kier alpha value is -2.42. The Kier molecular flexibility index (Phi) is 4.33. The van der Waals surface area contributed by atoms with Gasteiger partial charge < -0.3 is 10.6 Å². The zero-order valence-electron chi connectivity index (χ0n) is 11.6. The summed E-state index contributed by atoms with van der Waals surface area (Å²) in [6.07, 6.45) is 1.95. The van der Waals surface area contributed by atoms with Crippen LogP contribution < -0.4 is 10.6 Å². The maximum Gasteiger partial charge on any atom is 0.247 e. The van der Waals surface area contributed by atoms with Gasteiger partial charge in [-0.3, -0.25) is 9.59 Å². The van der Waals surface area contributed by atoms with Gasteiger partial charge in [-0.1, -0.05) is 0 Å². The molecule has 8 nitrogen and oxygen atoms in total. The molecule has 1 aromatic carbocycles. The Bertz CT molecular complexity index is 658. The number of hydrogen-bond acceptors (Lipinski definition) is 6. The number of hydrogen-bond donors (Lipinski definition) is 2. The predicted octanol–water partition coefficient (Wildman–Crippen LogP) is 0.222. The summed E-state index contributed by atoms with van der Waals surface area (Å²) in [5.74, 6) is 1.04. The number of carbonyl (C=O) groups excluding carboxylic acids is 2. The first-order valence-corrected chi connectivity index (χ1v) is 7.89. The van der Waals surface area contributed by atoms with Crippen LogP contribution in [0.5, 0.6) is 0 Å². The SMILES string of the molecule is O=C1CCSC[C@H](C(=O)Nc2ccc(-n3cnnn3)cc2)N1. The third-order valence-corrected chi connectivity index (χ3v) is 4.22. The number of thioether (sulfide) groups is 1. The van der Waals surface area contributed by atoms with Gasteiger partial charge >= 0.3 is 0 Å². The van der Waals surface area contributed by atoms with Crippen LogP contribution in [0.3, 0.4) is 0 Å². The van der Waals surface area contributed by atoms with Gasteiger partial charge in [-0.2, -0.15) is 11.8 Å². The highest BCUT2D eigenvalue weighted by atomic mass is 32.2. The van der Waals surface area contributed by atoms with Gasteiger partial charge in [0.2, 0.25) is 11.8 Å². The molecule has 0 saturated carbocycles. The van der Waals surface area contributed by atoms with Crippen LogP contribution in [-0.4, -0.2) is 49.6 Å². The van der Waals surface area contributed by atoms with Gasteiger partial charge in [0.1, 0.15) is 12.4 Å². The summed E-state index contributed by atoms with van der Waals surface area (Å²) in [5.41, 5.74) is 1.45. The zero-order valence-corrected chi connectivity index (χ0v) is 12.4. The van der Waals surface area contributed by atoms with Crippen molar-refractivity contribution in [2.45, 2.75) is 12.5 Å². The molecular formula is C13H14N6O2S. The highest BCUT2D eigenvalue weighted by molar-refractivity contribution is 7.99. The fourth-order valence-electron chi connectivity index (χ4n) is 2.02. The first kappa shape index (κ1) is 14.5. The van der Waals surface area contributed by atoms with Crippen molar-refractivity contribution in [3.8, 4) is 5.69 Å². The van der Waals surface area contributed by atoms with E-state index in [2.05, 4.69) is 26.2 Å². The van der Waals surface area contributed by atoms with E-state index in [4.69, 9.17) is 0 Å². The quantitative estimate of drug-likeness (QED) is 0.839. The van der Waals surface area contributed by atoms with Crippen LogP contribution in [0.4, 0.5) is 5.69 Å². The van der Waals surface area contributed by atoms with Crippen LogP contribution in [0, 0.1) is 0 Å². The lowest BCUT2D eigenvalue weighted by Gasteiger charge is -2.15. The van der Waals surface area contributed by atoms with Gasteiger partial charge in [0.25, 0.3) is 0 Å². The van der Waals surface area contributed by atoms with Crippen molar-refractivity contribution in [2.24, 2.45) is 0 Å². The average molecular weight is 318 g/mol. The van der Waals surface area contributed by atoms with Crippen LogP contribution in [0.1, 0.15) is 6.42 Å². The Morgan fingerprint density at radius 2 is 2.18 bits per heavy atom. The molecule has 2 heterocycles. The van der Waals surface area contributed by atoms with Gasteiger partial charge in [0.15, 0.2) is 0 Å². The minimum atomic E-state index is -0.501. The third-order valence-electron chi connectivity index (χ3n) is 3.16. The maximum atomic E-state index is 12.2. The van der Waals surface area contributed by atoms with Crippen LogP contribution in [0.2, 0.25) is 0 Å². The molecule has 0 aliphatic carbocycles. The monoisotopic (exact) mass is 318 g/mol. The van der Waals surface area contributed by atoms with E-state index in [9.17, 15) is 9.59 Å². The molecule has 1 saturated heterocycles. The number of benzene rings is 1. The fraction of sp³-hybridized carbons (Fsp3) is 0.308. The minimum Gasteiger partial charge on any atom is -0.343 e. The topological polar surface area (TPSA) is 102 Å². The van der Waals surface area contributed by atoms with E-state index in [1.165, 1.54) is 11.0 Å². The number of anilines is 1. The molecule has 0 unspecified atom stereocenters. The highest BCUT2D eigenvalue weighted by Gasteiger charge is 2.23. The summed E-state index contributed by atoms with van der Waals surface area (Å²) in [6, 6.07) is 6.62. The van der Waals surface area contributed by atoms with E-state index in [0.717, 1.165) is 11.4 Å². The molecule has 1 aliphatic heterocycles. The van der Waals surface area contributed by atoms with Crippen molar-refractivity contribution in [2.75, 3.05) is 16.8 Å². The molecule has 2 N–H and O–H groups in total. The number of rotatable bonds is 3. The van der Waals surface area contributed by atoms with Crippen molar-refractivity contribution < 1.29 is 9.59 Å². The molecule has 0 radical (unpaired) electrons. The lowest BCUT2D eigenvalue weighted by molar-refractivity contribution is -0.125. The van der Waals surface area contributed by atoms with Crippen molar-refractivity contribution >= 4 is 29.3 Å². The second-order valence-electron chi connectivity index (χ2n) is 4.74. The zero-order chi connectivity index (χ0) is 15.4. The highest BCUT2D eigenvalue weighted by Crippen LogP contribution is 2.14. The molecular weight excluding hydrogens is 304 g/mol. The van der Waals surface area contributed by atoms with Crippen molar-refractivity contribution in [3.63, 3.8) is 0 Å². The summed E-state index contributed by atoms with van der Waals surface area (Å²) >= 11 is 1.60. The lowest BCUT2D eigenvalue weighted by atomic mass is 10.2. The van der Waals surface area contributed by atoms with Crippen LogP contribution in [0.15, 0.2) is 30.6 Å². The molecule has 22 heavy (non-hydrogen) atoms. The number of nitrogens with one attached hydrogen (secondary N) is 2. The van der Waals surface area contributed by atoms with E-state index >= 15 is 0 Å². The molecule has 114 valence electrons. The Balaban J connectivity index is 1.65. The molecule has 3 rings (SSSR count). The van der Waals surface area contributed by atoms with Crippen LogP contribution in [0.25, 0.3) is 5.69 Å². The molecule has 0 bridgehead atoms. The number of nitrogens with zero attached hydrogens (tertiary/aromatic N) is 4. The molecule has 1 atom stereocenters. The Morgan fingerprint density at radius 1 is 1.36 bits per heavy atom. The summed E-state index contributed by atoms with van der Waals surface area (Å²) in [7, 11) is 0. The first-order chi connectivity index (χ1) is 10.7. The van der Waals surface area contributed by atoms with Crippen molar-refractivity contribution in [3.05, 3.63) is 30.6 Å². The summed E-state index contributed by atoms with van der Waals surface area (Å²) in [4.78, 5) is 23.7. The normalized spacial score (nSPS) is 18.4. The molecule has 1 aromatic heterocycles. The van der Waals surface area contributed by atoms with Crippen molar-refractivity contribution in [1.82, 2.24) is 25.5 Å². The van der Waals surface area contributed by atoms with Gasteiger partial charge in [0, 0.05) is 23.6 Å². The van der Waals surface area contributed by atoms with Gasteiger partial charge in [-0.05, 0) is 34.7 Å². The van der Waals surface area contributed by atoms with Gasteiger partial charge in [-0.25, -0.2) is 4.68 Å². The second-order valence-corrected chi connectivity index (χ2v) is 5.89. The Labute approximate surface area is 130 Å². The first-order valence-electron chi connectivity index (χ1n) is 6.74. The number of amides is 2. The van der Waals surface area contributed by atoms with E-state index in [-0.39, 0.29) is 11.8 Å². The van der Waals surface area contributed by atoms with Crippen LogP contribution in [-0.2, 0) is 9.59 Å². The van der Waals surface area contributed by atoms with Gasteiger partial charge in [0.05, 0.1) is 5.69 Å². The molecule has 0 spiro atoms. The molecule has 2 aromatic rings. The third kappa shape index (κ3) is 3.42. The number of aromatic nitrogens is 4. The van der Waals surface area contributed by atoms with E-state index in [0.29, 0.717) is 17.9 Å². The Morgan fingerprint density at radius 3 is 2.91 bits per heavy atom. The van der Waals surface area contributed by atoms with Crippen LogP contribution >= 0.6 is 11.8 Å².